The number of aliphatic hydroxyl groups is 1. The highest BCUT2D eigenvalue weighted by molar-refractivity contribution is 7.52. The molecule has 19 heteroatoms. The van der Waals surface area contributed by atoms with Gasteiger partial charge in [0.05, 0.1) is 13.7 Å². The van der Waals surface area contributed by atoms with Gasteiger partial charge in [-0.05, 0) is 37.0 Å². The van der Waals surface area contributed by atoms with Crippen molar-refractivity contribution in [1.82, 2.24) is 24.2 Å². The maximum absolute atomic E-state index is 14.9. The number of rotatable bonds is 12. The first-order chi connectivity index (χ1) is 20.3. The number of imidazole rings is 1. The lowest BCUT2D eigenvalue weighted by Gasteiger charge is -2.25. The molecule has 7 atom stereocenters. The second kappa shape index (κ2) is 13.0. The van der Waals surface area contributed by atoms with Crippen LogP contribution in [0.25, 0.3) is 0 Å². The quantitative estimate of drug-likeness (QED) is 0.112. The van der Waals surface area contributed by atoms with Gasteiger partial charge in [-0.3, -0.25) is 13.9 Å². The van der Waals surface area contributed by atoms with Crippen LogP contribution in [0.4, 0.5) is 16.2 Å². The second-order valence-electron chi connectivity index (χ2n) is 9.47. The standard InChI is InChI=1S/C24H29FN7O10P/c1-13(22(34)40-14(2)16-11-27-23(30(16)3)32(36)37)29-43(38,42-15-7-5-4-6-8-15)39-12-17-20(33)19(25)21(41-17)31-10-9-18(26)28-24(31)35/h4-11,13-14,17,19-21,33H,12H2,1-3H3,(H,29,38)(H2,26,28,35)/t13-,14?,17?,19?,20?,21?,43?/m0/s1. The van der Waals surface area contributed by atoms with E-state index < -0.39 is 73.6 Å². The number of esters is 1. The number of hydrogen-bond donors (Lipinski definition) is 3. The van der Waals surface area contributed by atoms with Crippen molar-refractivity contribution in [2.24, 2.45) is 7.05 Å². The molecule has 6 unspecified atom stereocenters. The number of benzene rings is 1. The molecule has 1 aliphatic heterocycles. The lowest BCUT2D eigenvalue weighted by Crippen LogP contribution is -2.37. The maximum atomic E-state index is 14.9. The van der Waals surface area contributed by atoms with Crippen LogP contribution >= 0.6 is 7.75 Å². The Hall–Kier alpha value is -4.22. The minimum Gasteiger partial charge on any atom is -0.453 e. The molecule has 1 fully saturated rings. The number of carbonyl (C=O) groups is 1. The minimum atomic E-state index is -4.46. The molecule has 4 N–H and O–H groups in total. The average molecular weight is 626 g/mol. The molecule has 1 aliphatic rings. The highest BCUT2D eigenvalue weighted by Gasteiger charge is 2.47. The Morgan fingerprint density at radius 3 is 2.65 bits per heavy atom. The summed E-state index contributed by atoms with van der Waals surface area (Å²) in [4.78, 5) is 42.6. The smallest absolute Gasteiger partial charge is 0.453 e. The van der Waals surface area contributed by atoms with Gasteiger partial charge in [0.2, 0.25) is 0 Å². The van der Waals surface area contributed by atoms with Crippen LogP contribution in [0, 0.1) is 10.1 Å². The van der Waals surface area contributed by atoms with E-state index in [1.54, 1.807) is 18.2 Å². The van der Waals surface area contributed by atoms with Gasteiger partial charge in [0.1, 0.15) is 36.0 Å². The molecule has 1 saturated heterocycles. The molecule has 0 spiro atoms. The van der Waals surface area contributed by atoms with Crippen LogP contribution in [-0.2, 0) is 30.4 Å². The van der Waals surface area contributed by atoms with E-state index in [2.05, 4.69) is 15.1 Å². The Morgan fingerprint density at radius 1 is 1.33 bits per heavy atom. The van der Waals surface area contributed by atoms with Crippen molar-refractivity contribution >= 4 is 25.5 Å². The zero-order valence-electron chi connectivity index (χ0n) is 23.1. The maximum Gasteiger partial charge on any atom is 0.459 e. The Morgan fingerprint density at radius 2 is 2.02 bits per heavy atom. The monoisotopic (exact) mass is 625 g/mol. The van der Waals surface area contributed by atoms with Crippen LogP contribution in [0.1, 0.15) is 31.9 Å². The van der Waals surface area contributed by atoms with Crippen molar-refractivity contribution in [3.8, 4) is 5.75 Å². The molecule has 0 saturated carbocycles. The van der Waals surface area contributed by atoms with E-state index in [9.17, 15) is 33.8 Å². The van der Waals surface area contributed by atoms with Gasteiger partial charge in [-0.15, -0.1) is 0 Å². The highest BCUT2D eigenvalue weighted by atomic mass is 31.2. The molecule has 17 nitrogen and oxygen atoms in total. The van der Waals surface area contributed by atoms with Crippen molar-refractivity contribution in [3.05, 3.63) is 75.1 Å². The average Bonchev–Trinajstić information content (AvgIpc) is 3.47. The van der Waals surface area contributed by atoms with E-state index in [0.717, 1.165) is 15.3 Å². The van der Waals surface area contributed by atoms with Crippen molar-refractivity contribution in [2.45, 2.75) is 50.6 Å². The lowest BCUT2D eigenvalue weighted by molar-refractivity contribution is -0.396. The van der Waals surface area contributed by atoms with Gasteiger partial charge in [-0.1, -0.05) is 23.2 Å². The summed E-state index contributed by atoms with van der Waals surface area (Å²) >= 11 is 0. The molecule has 0 amide bonds. The van der Waals surface area contributed by atoms with E-state index in [4.69, 9.17) is 24.3 Å². The summed E-state index contributed by atoms with van der Waals surface area (Å²) in [6, 6.07) is 7.71. The van der Waals surface area contributed by atoms with Crippen molar-refractivity contribution in [2.75, 3.05) is 12.3 Å². The van der Waals surface area contributed by atoms with E-state index in [0.29, 0.717) is 0 Å². The lowest BCUT2D eigenvalue weighted by atomic mass is 10.1. The first-order valence-electron chi connectivity index (χ1n) is 12.8. The topological polar surface area (TPSA) is 225 Å². The Labute approximate surface area is 243 Å². The number of para-hydroxylation sites is 1. The number of nitrogens with zero attached hydrogens (tertiary/aromatic N) is 5. The van der Waals surface area contributed by atoms with Gasteiger partial charge in [0, 0.05) is 6.20 Å². The number of alkyl halides is 1. The number of aromatic nitrogens is 4. The Bertz CT molecular complexity index is 1570. The molecule has 0 aliphatic carbocycles. The van der Waals surface area contributed by atoms with Crippen LogP contribution in [0.5, 0.6) is 5.75 Å². The SMILES string of the molecule is CC(OC(=O)[C@H](C)NP(=O)(OCC1OC(n2ccc(N)nc2=O)C(F)C1O)Oc1ccccc1)c1cnc([N+](=O)[O-])n1C. The van der Waals surface area contributed by atoms with Gasteiger partial charge < -0.3 is 35.0 Å². The number of aliphatic hydroxyl groups excluding tert-OH is 1. The summed E-state index contributed by atoms with van der Waals surface area (Å²) < 4.78 is 52.6. The summed E-state index contributed by atoms with van der Waals surface area (Å²) in [6.45, 7) is 2.08. The van der Waals surface area contributed by atoms with Crippen LogP contribution in [0.2, 0.25) is 0 Å². The fourth-order valence-corrected chi connectivity index (χ4v) is 5.65. The first-order valence-corrected chi connectivity index (χ1v) is 14.3. The predicted octanol–water partition coefficient (Wildman–Crippen LogP) is 1.55. The molecule has 3 heterocycles. The summed E-state index contributed by atoms with van der Waals surface area (Å²) in [7, 11) is -3.08. The molecule has 3 aromatic rings. The number of anilines is 1. The van der Waals surface area contributed by atoms with Crippen molar-refractivity contribution in [3.63, 3.8) is 0 Å². The minimum absolute atomic E-state index is 0.0862. The summed E-state index contributed by atoms with van der Waals surface area (Å²) in [5, 5.41) is 24.0. The number of nitrogens with one attached hydrogen (secondary N) is 1. The number of nitro groups is 1. The second-order valence-corrected chi connectivity index (χ2v) is 11.2. The fourth-order valence-electron chi connectivity index (χ4n) is 4.15. The fraction of sp³-hybridized carbons (Fsp3) is 0.417. The van der Waals surface area contributed by atoms with Gasteiger partial charge >= 0.3 is 25.4 Å². The van der Waals surface area contributed by atoms with Gasteiger partial charge in [-0.25, -0.2) is 18.3 Å². The first kappa shape index (κ1) is 31.7. The molecule has 2 aromatic heterocycles. The van der Waals surface area contributed by atoms with E-state index in [1.165, 1.54) is 45.3 Å². The molecule has 4 rings (SSSR count). The number of nitrogens with two attached hydrogens (primary N) is 1. The van der Waals surface area contributed by atoms with E-state index in [-0.39, 0.29) is 17.3 Å². The van der Waals surface area contributed by atoms with Crippen LogP contribution in [-0.4, -0.2) is 66.1 Å². The molecule has 232 valence electrons. The van der Waals surface area contributed by atoms with Crippen LogP contribution in [0.15, 0.2) is 53.6 Å². The molecular formula is C24H29FN7O10P. The number of carbonyl (C=O) groups excluding carboxylic acids is 1. The number of ether oxygens (including phenoxy) is 2. The molecule has 0 radical (unpaired) electrons. The third-order valence-electron chi connectivity index (χ3n) is 6.37. The van der Waals surface area contributed by atoms with Gasteiger partial charge in [0.25, 0.3) is 0 Å². The number of hydrogen-bond acceptors (Lipinski definition) is 13. The largest absolute Gasteiger partial charge is 0.459 e. The van der Waals surface area contributed by atoms with Gasteiger partial charge in [0.15, 0.2) is 24.2 Å². The number of nitrogen functional groups attached to an aromatic ring is 1. The van der Waals surface area contributed by atoms with Crippen molar-refractivity contribution < 1.29 is 42.3 Å². The zero-order valence-corrected chi connectivity index (χ0v) is 23.9. The van der Waals surface area contributed by atoms with Crippen LogP contribution in [0.3, 0.4) is 0 Å². The third kappa shape index (κ3) is 7.23. The van der Waals surface area contributed by atoms with E-state index in [1.807, 2.05) is 0 Å². The number of halogens is 1. The van der Waals surface area contributed by atoms with Crippen LogP contribution < -0.4 is 21.0 Å². The van der Waals surface area contributed by atoms with E-state index >= 15 is 0 Å². The summed E-state index contributed by atoms with van der Waals surface area (Å²) in [5.41, 5.74) is 4.78. The summed E-state index contributed by atoms with van der Waals surface area (Å²) in [6.07, 6.45) is -5.52. The van der Waals surface area contributed by atoms with Crippen molar-refractivity contribution in [1.29, 1.82) is 0 Å². The van der Waals surface area contributed by atoms with Gasteiger partial charge in [-0.2, -0.15) is 10.1 Å². The summed E-state index contributed by atoms with van der Waals surface area (Å²) in [5.74, 6) is -1.38. The third-order valence-corrected chi connectivity index (χ3v) is 8.02. The molecule has 1 aromatic carbocycles. The molecule has 43 heavy (non-hydrogen) atoms. The zero-order chi connectivity index (χ0) is 31.5. The molecular weight excluding hydrogens is 596 g/mol. The Kier molecular flexibility index (Phi) is 9.56. The highest BCUT2D eigenvalue weighted by Crippen LogP contribution is 2.46. The Balaban J connectivity index is 1.47. The predicted molar refractivity (Wildman–Crippen MR) is 145 cm³/mol. The normalized spacial score (nSPS) is 22.8. The molecule has 0 bridgehead atoms.